The Kier molecular flexibility index (Phi) is 4.57. The van der Waals surface area contributed by atoms with E-state index in [1.165, 1.54) is 0 Å². The number of ether oxygens (including phenoxy) is 3. The number of halogens is 1. The zero-order valence-corrected chi connectivity index (χ0v) is 10.7. The summed E-state index contributed by atoms with van der Waals surface area (Å²) in [5, 5.41) is 0.535. The highest BCUT2D eigenvalue weighted by Gasteiger charge is 2.33. The second-order valence-corrected chi connectivity index (χ2v) is 3.56. The van der Waals surface area contributed by atoms with Gasteiger partial charge in [-0.25, -0.2) is 0 Å². The van der Waals surface area contributed by atoms with E-state index >= 15 is 0 Å². The van der Waals surface area contributed by atoms with Crippen molar-refractivity contribution in [3.8, 4) is 5.75 Å². The van der Waals surface area contributed by atoms with Crippen LogP contribution in [-0.2, 0) is 15.3 Å². The lowest BCUT2D eigenvalue weighted by molar-refractivity contribution is -0.197. The van der Waals surface area contributed by atoms with Gasteiger partial charge in [-0.15, -0.1) is 0 Å². The molecular weight excluding hydrogens is 260 g/mol. The molecule has 0 aliphatic carbocycles. The van der Waals surface area contributed by atoms with Gasteiger partial charge in [0.1, 0.15) is 5.75 Å². The van der Waals surface area contributed by atoms with E-state index in [4.69, 9.17) is 14.2 Å². The Hall–Kier alpha value is -0.580. The van der Waals surface area contributed by atoms with Crippen LogP contribution in [0.3, 0.4) is 0 Å². The van der Waals surface area contributed by atoms with Crippen molar-refractivity contribution in [2.75, 3.05) is 26.7 Å². The summed E-state index contributed by atoms with van der Waals surface area (Å²) in [6.07, 6.45) is 0. The van der Waals surface area contributed by atoms with Crippen molar-refractivity contribution in [3.63, 3.8) is 0 Å². The van der Waals surface area contributed by atoms with Gasteiger partial charge in [0.15, 0.2) is 0 Å². The predicted molar refractivity (Wildman–Crippen MR) is 62.5 cm³/mol. The van der Waals surface area contributed by atoms with Crippen molar-refractivity contribution in [1.29, 1.82) is 0 Å². The molecule has 0 saturated heterocycles. The highest BCUT2D eigenvalue weighted by atomic mass is 79.9. The number of para-hydroxylation sites is 1. The summed E-state index contributed by atoms with van der Waals surface area (Å²) >= 11 is 3.39. The Bertz CT molecular complexity index is 302. The van der Waals surface area contributed by atoms with E-state index in [9.17, 15) is 0 Å². The topological polar surface area (TPSA) is 27.7 Å². The van der Waals surface area contributed by atoms with Crippen LogP contribution in [0.1, 0.15) is 5.56 Å². The van der Waals surface area contributed by atoms with Crippen molar-refractivity contribution in [2.24, 2.45) is 0 Å². The third-order valence-electron chi connectivity index (χ3n) is 2.35. The molecule has 3 nitrogen and oxygen atoms in total. The Morgan fingerprint density at radius 2 is 1.73 bits per heavy atom. The minimum atomic E-state index is -0.799. The fraction of sp³-hybridized carbons (Fsp3) is 0.455. The van der Waals surface area contributed by atoms with E-state index in [-0.39, 0.29) is 0 Å². The van der Waals surface area contributed by atoms with Crippen LogP contribution in [0.5, 0.6) is 5.75 Å². The maximum Gasteiger partial charge on any atom is 0.207 e. The number of hydrogen-bond donors (Lipinski definition) is 0. The lowest BCUT2D eigenvalue weighted by atomic mass is 10.1. The van der Waals surface area contributed by atoms with E-state index in [2.05, 4.69) is 15.9 Å². The standard InChI is InChI=1S/C11H15BrO3/c1-13-10-7-5-4-6-9(10)11(8-12,14-2)15-3/h4-7H,8H2,1-3H3. The van der Waals surface area contributed by atoms with Gasteiger partial charge in [0.05, 0.1) is 18.0 Å². The van der Waals surface area contributed by atoms with Crippen molar-refractivity contribution in [2.45, 2.75) is 5.79 Å². The highest BCUT2D eigenvalue weighted by Crippen LogP contribution is 2.34. The van der Waals surface area contributed by atoms with Crippen LogP contribution in [-0.4, -0.2) is 26.7 Å². The predicted octanol–water partition coefficient (Wildman–Crippen LogP) is 2.54. The van der Waals surface area contributed by atoms with Crippen LogP contribution in [0.15, 0.2) is 24.3 Å². The Morgan fingerprint density at radius 1 is 1.13 bits per heavy atom. The van der Waals surface area contributed by atoms with Crippen LogP contribution in [0.4, 0.5) is 0 Å². The molecule has 0 bridgehead atoms. The van der Waals surface area contributed by atoms with Gasteiger partial charge in [-0.1, -0.05) is 28.1 Å². The molecule has 0 saturated carbocycles. The summed E-state index contributed by atoms with van der Waals surface area (Å²) in [4.78, 5) is 0. The second kappa shape index (κ2) is 5.49. The SMILES string of the molecule is COc1ccccc1C(CBr)(OC)OC. The number of alkyl halides is 1. The molecule has 0 aliphatic heterocycles. The first kappa shape index (κ1) is 12.5. The van der Waals surface area contributed by atoms with Crippen LogP contribution in [0, 0.1) is 0 Å². The summed E-state index contributed by atoms with van der Waals surface area (Å²) in [5.41, 5.74) is 0.870. The smallest absolute Gasteiger partial charge is 0.207 e. The number of methoxy groups -OCH3 is 3. The molecule has 0 unspecified atom stereocenters. The summed E-state index contributed by atoms with van der Waals surface area (Å²) in [7, 11) is 4.84. The molecule has 15 heavy (non-hydrogen) atoms. The van der Waals surface area contributed by atoms with Crippen molar-refractivity contribution >= 4 is 15.9 Å². The summed E-state index contributed by atoms with van der Waals surface area (Å²) in [6, 6.07) is 7.64. The summed E-state index contributed by atoms with van der Waals surface area (Å²) in [6.45, 7) is 0. The number of benzene rings is 1. The molecule has 84 valence electrons. The Balaban J connectivity index is 3.21. The highest BCUT2D eigenvalue weighted by molar-refractivity contribution is 9.09. The maximum atomic E-state index is 5.42. The maximum absolute atomic E-state index is 5.42. The normalized spacial score (nSPS) is 11.5. The van der Waals surface area contributed by atoms with Gasteiger partial charge in [-0.3, -0.25) is 0 Å². The fourth-order valence-electron chi connectivity index (χ4n) is 1.44. The third-order valence-corrected chi connectivity index (χ3v) is 3.09. The quantitative estimate of drug-likeness (QED) is 0.610. The summed E-state index contributed by atoms with van der Waals surface area (Å²) in [5.74, 6) is -0.0484. The average Bonchev–Trinajstić information content (AvgIpc) is 2.33. The first-order valence-electron chi connectivity index (χ1n) is 4.54. The Labute approximate surface area is 98.5 Å². The van der Waals surface area contributed by atoms with Gasteiger partial charge in [-0.2, -0.15) is 0 Å². The lowest BCUT2D eigenvalue weighted by Crippen LogP contribution is -2.33. The van der Waals surface area contributed by atoms with E-state index in [1.54, 1.807) is 21.3 Å². The molecule has 1 rings (SSSR count). The molecular formula is C11H15BrO3. The minimum Gasteiger partial charge on any atom is -0.496 e. The largest absolute Gasteiger partial charge is 0.496 e. The van der Waals surface area contributed by atoms with E-state index in [0.29, 0.717) is 5.33 Å². The molecule has 0 aliphatic rings. The molecule has 0 aromatic heterocycles. The van der Waals surface area contributed by atoms with E-state index in [0.717, 1.165) is 11.3 Å². The van der Waals surface area contributed by atoms with E-state index in [1.807, 2.05) is 24.3 Å². The van der Waals surface area contributed by atoms with Crippen molar-refractivity contribution in [1.82, 2.24) is 0 Å². The van der Waals surface area contributed by atoms with Gasteiger partial charge >= 0.3 is 0 Å². The second-order valence-electron chi connectivity index (χ2n) is 3.00. The third kappa shape index (κ3) is 2.33. The zero-order valence-electron chi connectivity index (χ0n) is 9.12. The van der Waals surface area contributed by atoms with Gasteiger partial charge in [-0.05, 0) is 12.1 Å². The Morgan fingerprint density at radius 3 is 2.20 bits per heavy atom. The van der Waals surface area contributed by atoms with Gasteiger partial charge in [0, 0.05) is 14.2 Å². The average molecular weight is 275 g/mol. The molecule has 0 fully saturated rings. The molecule has 0 heterocycles. The zero-order chi connectivity index (χ0) is 11.3. The minimum absolute atomic E-state index is 0.535. The number of rotatable bonds is 5. The number of hydrogen-bond acceptors (Lipinski definition) is 3. The van der Waals surface area contributed by atoms with Gasteiger partial charge < -0.3 is 14.2 Å². The molecule has 4 heteroatoms. The molecule has 0 amide bonds. The van der Waals surface area contributed by atoms with Crippen LogP contribution in [0.25, 0.3) is 0 Å². The molecule has 0 atom stereocenters. The van der Waals surface area contributed by atoms with Crippen LogP contribution >= 0.6 is 15.9 Å². The first-order valence-corrected chi connectivity index (χ1v) is 5.66. The fourth-order valence-corrected chi connectivity index (χ4v) is 2.20. The lowest BCUT2D eigenvalue weighted by Gasteiger charge is -2.30. The van der Waals surface area contributed by atoms with Crippen molar-refractivity contribution < 1.29 is 14.2 Å². The molecule has 0 spiro atoms. The molecule has 1 aromatic carbocycles. The van der Waals surface area contributed by atoms with Crippen LogP contribution < -0.4 is 4.74 Å². The molecule has 1 aromatic rings. The first-order chi connectivity index (χ1) is 7.24. The summed E-state index contributed by atoms with van der Waals surface area (Å²) < 4.78 is 16.1. The van der Waals surface area contributed by atoms with Gasteiger partial charge in [0.25, 0.3) is 0 Å². The van der Waals surface area contributed by atoms with Gasteiger partial charge in [0.2, 0.25) is 5.79 Å². The van der Waals surface area contributed by atoms with Crippen LogP contribution in [0.2, 0.25) is 0 Å². The van der Waals surface area contributed by atoms with E-state index < -0.39 is 5.79 Å². The molecule has 0 N–H and O–H groups in total. The van der Waals surface area contributed by atoms with Crippen molar-refractivity contribution in [3.05, 3.63) is 29.8 Å². The molecule has 0 radical (unpaired) electrons. The monoisotopic (exact) mass is 274 g/mol.